The quantitative estimate of drug-likeness (QED) is 0.724. The first-order chi connectivity index (χ1) is 7.18. The number of aryl methyl sites for hydroxylation is 1. The Bertz CT molecular complexity index is 486. The highest BCUT2D eigenvalue weighted by Gasteiger charge is 2.15. The fourth-order valence-corrected chi connectivity index (χ4v) is 1.63. The summed E-state index contributed by atoms with van der Waals surface area (Å²) >= 11 is 5.44. The molecule has 15 heavy (non-hydrogen) atoms. The van der Waals surface area contributed by atoms with Gasteiger partial charge in [-0.3, -0.25) is 4.79 Å². The van der Waals surface area contributed by atoms with Gasteiger partial charge in [-0.25, -0.2) is 0 Å². The standard InChI is InChI=1S/C12H9ClO2/c1-8-7-10(11(15-8)12(13)14)9-5-3-2-4-6-9/h2-7H,1H3. The largest absolute Gasteiger partial charge is 0.456 e. The molecule has 1 aromatic carbocycles. The summed E-state index contributed by atoms with van der Waals surface area (Å²) in [6, 6.07) is 11.4. The summed E-state index contributed by atoms with van der Waals surface area (Å²) in [4.78, 5) is 11.1. The van der Waals surface area contributed by atoms with Gasteiger partial charge in [-0.1, -0.05) is 30.3 Å². The van der Waals surface area contributed by atoms with Gasteiger partial charge in [0.15, 0.2) is 5.76 Å². The second-order valence-electron chi connectivity index (χ2n) is 3.24. The van der Waals surface area contributed by atoms with E-state index in [4.69, 9.17) is 16.0 Å². The summed E-state index contributed by atoms with van der Waals surface area (Å²) in [5.41, 5.74) is 1.67. The fraction of sp³-hybridized carbons (Fsp3) is 0.0833. The van der Waals surface area contributed by atoms with Crippen LogP contribution < -0.4 is 0 Å². The third-order valence-electron chi connectivity index (χ3n) is 2.12. The average Bonchev–Trinajstić information content (AvgIpc) is 2.62. The zero-order chi connectivity index (χ0) is 10.8. The van der Waals surface area contributed by atoms with E-state index in [9.17, 15) is 4.79 Å². The van der Waals surface area contributed by atoms with E-state index in [1.54, 1.807) is 6.92 Å². The predicted molar refractivity (Wildman–Crippen MR) is 59.1 cm³/mol. The van der Waals surface area contributed by atoms with Crippen molar-refractivity contribution in [1.29, 1.82) is 0 Å². The summed E-state index contributed by atoms with van der Waals surface area (Å²) in [6.45, 7) is 1.79. The number of hydrogen-bond acceptors (Lipinski definition) is 2. The number of furan rings is 1. The van der Waals surface area contributed by atoms with Gasteiger partial charge in [0.1, 0.15) is 5.76 Å². The second-order valence-corrected chi connectivity index (χ2v) is 3.58. The lowest BCUT2D eigenvalue weighted by Crippen LogP contribution is -1.88. The van der Waals surface area contributed by atoms with Crippen molar-refractivity contribution in [2.45, 2.75) is 6.92 Å². The summed E-state index contributed by atoms with van der Waals surface area (Å²) in [6.07, 6.45) is 0. The van der Waals surface area contributed by atoms with Crippen molar-refractivity contribution in [1.82, 2.24) is 0 Å². The number of benzene rings is 1. The molecule has 76 valence electrons. The second kappa shape index (κ2) is 3.91. The number of hydrogen-bond donors (Lipinski definition) is 0. The fourth-order valence-electron chi connectivity index (χ4n) is 1.49. The van der Waals surface area contributed by atoms with E-state index in [0.717, 1.165) is 11.1 Å². The molecule has 2 rings (SSSR count). The van der Waals surface area contributed by atoms with Crippen LogP contribution in [0, 0.1) is 6.92 Å². The van der Waals surface area contributed by atoms with Gasteiger partial charge in [-0.05, 0) is 30.2 Å². The topological polar surface area (TPSA) is 30.2 Å². The Hall–Kier alpha value is -1.54. The minimum absolute atomic E-state index is 0.209. The molecular weight excluding hydrogens is 212 g/mol. The van der Waals surface area contributed by atoms with E-state index in [2.05, 4.69) is 0 Å². The van der Waals surface area contributed by atoms with Crippen LogP contribution in [-0.2, 0) is 0 Å². The maximum Gasteiger partial charge on any atom is 0.288 e. The Balaban J connectivity index is 2.58. The van der Waals surface area contributed by atoms with E-state index in [0.29, 0.717) is 5.76 Å². The van der Waals surface area contributed by atoms with E-state index < -0.39 is 5.24 Å². The molecule has 0 spiro atoms. The van der Waals surface area contributed by atoms with Crippen LogP contribution in [-0.4, -0.2) is 5.24 Å². The van der Waals surface area contributed by atoms with Gasteiger partial charge in [-0.15, -0.1) is 0 Å². The van der Waals surface area contributed by atoms with Gasteiger partial charge in [0.2, 0.25) is 0 Å². The number of carbonyl (C=O) groups excluding carboxylic acids is 1. The maximum atomic E-state index is 11.1. The molecule has 0 fully saturated rings. The molecule has 0 bridgehead atoms. The van der Waals surface area contributed by atoms with Crippen LogP contribution in [0.2, 0.25) is 0 Å². The summed E-state index contributed by atoms with van der Waals surface area (Å²) in [7, 11) is 0. The molecule has 1 aromatic heterocycles. The molecule has 0 atom stereocenters. The van der Waals surface area contributed by atoms with Crippen molar-refractivity contribution in [3.05, 3.63) is 47.9 Å². The van der Waals surface area contributed by atoms with Crippen LogP contribution in [0.4, 0.5) is 0 Å². The Kier molecular flexibility index (Phi) is 2.60. The number of carbonyl (C=O) groups is 1. The van der Waals surface area contributed by atoms with Crippen molar-refractivity contribution in [2.24, 2.45) is 0 Å². The van der Waals surface area contributed by atoms with Crippen molar-refractivity contribution < 1.29 is 9.21 Å². The third kappa shape index (κ3) is 1.95. The zero-order valence-electron chi connectivity index (χ0n) is 8.16. The smallest absolute Gasteiger partial charge is 0.288 e. The first-order valence-corrected chi connectivity index (χ1v) is 4.92. The maximum absolute atomic E-state index is 11.1. The van der Waals surface area contributed by atoms with Crippen LogP contribution in [0.25, 0.3) is 11.1 Å². The highest BCUT2D eigenvalue weighted by atomic mass is 35.5. The zero-order valence-corrected chi connectivity index (χ0v) is 8.91. The molecule has 0 aliphatic heterocycles. The monoisotopic (exact) mass is 220 g/mol. The van der Waals surface area contributed by atoms with E-state index in [1.807, 2.05) is 36.4 Å². The lowest BCUT2D eigenvalue weighted by Gasteiger charge is -1.97. The van der Waals surface area contributed by atoms with E-state index in [1.165, 1.54) is 0 Å². The summed E-state index contributed by atoms with van der Waals surface area (Å²) < 4.78 is 5.25. The molecular formula is C12H9ClO2. The molecule has 2 aromatic rings. The molecule has 3 heteroatoms. The lowest BCUT2D eigenvalue weighted by atomic mass is 10.1. The summed E-state index contributed by atoms with van der Waals surface area (Å²) in [5, 5.41) is -0.568. The van der Waals surface area contributed by atoms with Crippen molar-refractivity contribution in [3.8, 4) is 11.1 Å². The molecule has 0 saturated heterocycles. The molecule has 1 heterocycles. The molecule has 0 N–H and O–H groups in total. The first kappa shape index (κ1) is 9.99. The van der Waals surface area contributed by atoms with Crippen molar-refractivity contribution in [3.63, 3.8) is 0 Å². The van der Waals surface area contributed by atoms with Gasteiger partial charge in [0.05, 0.1) is 0 Å². The van der Waals surface area contributed by atoms with Gasteiger partial charge in [0.25, 0.3) is 5.24 Å². The number of rotatable bonds is 2. The number of halogens is 1. The minimum atomic E-state index is -0.568. The van der Waals surface area contributed by atoms with E-state index >= 15 is 0 Å². The lowest BCUT2D eigenvalue weighted by molar-refractivity contribution is 0.105. The molecule has 0 radical (unpaired) electrons. The van der Waals surface area contributed by atoms with Gasteiger partial charge in [-0.2, -0.15) is 0 Å². The Labute approximate surface area is 92.5 Å². The molecule has 0 amide bonds. The van der Waals surface area contributed by atoms with Crippen molar-refractivity contribution in [2.75, 3.05) is 0 Å². The predicted octanol–water partition coefficient (Wildman–Crippen LogP) is 3.63. The van der Waals surface area contributed by atoms with Crippen LogP contribution in [0.3, 0.4) is 0 Å². The van der Waals surface area contributed by atoms with Crippen LogP contribution in [0.15, 0.2) is 40.8 Å². The normalized spacial score (nSPS) is 10.3. The Morgan fingerprint density at radius 2 is 1.93 bits per heavy atom. The van der Waals surface area contributed by atoms with Crippen LogP contribution in [0.1, 0.15) is 16.3 Å². The van der Waals surface area contributed by atoms with Gasteiger partial charge < -0.3 is 4.42 Å². The van der Waals surface area contributed by atoms with Crippen LogP contribution >= 0.6 is 11.6 Å². The molecule has 0 aliphatic rings. The average molecular weight is 221 g/mol. The minimum Gasteiger partial charge on any atom is -0.456 e. The highest BCUT2D eigenvalue weighted by molar-refractivity contribution is 6.67. The highest BCUT2D eigenvalue weighted by Crippen LogP contribution is 2.27. The van der Waals surface area contributed by atoms with E-state index in [-0.39, 0.29) is 5.76 Å². The molecule has 0 unspecified atom stereocenters. The first-order valence-electron chi connectivity index (χ1n) is 4.54. The van der Waals surface area contributed by atoms with Crippen molar-refractivity contribution >= 4 is 16.8 Å². The summed E-state index contributed by atoms with van der Waals surface area (Å²) in [5.74, 6) is 0.887. The third-order valence-corrected chi connectivity index (χ3v) is 2.29. The molecule has 0 aliphatic carbocycles. The Morgan fingerprint density at radius 3 is 2.53 bits per heavy atom. The molecule has 2 nitrogen and oxygen atoms in total. The SMILES string of the molecule is Cc1cc(-c2ccccc2)c(C(=O)Cl)o1. The Morgan fingerprint density at radius 1 is 1.27 bits per heavy atom. The molecule has 0 saturated carbocycles. The van der Waals surface area contributed by atoms with Crippen LogP contribution in [0.5, 0.6) is 0 Å². The van der Waals surface area contributed by atoms with Gasteiger partial charge in [0, 0.05) is 5.56 Å². The van der Waals surface area contributed by atoms with Gasteiger partial charge >= 0.3 is 0 Å².